The van der Waals surface area contributed by atoms with Crippen LogP contribution in [0.5, 0.6) is 0 Å². The van der Waals surface area contributed by atoms with E-state index in [1.807, 2.05) is 31.2 Å². The Morgan fingerprint density at radius 1 is 1.44 bits per heavy atom. The number of alkyl halides is 1. The fourth-order valence-corrected chi connectivity index (χ4v) is 1.48. The molecule has 2 rings (SSSR count). The van der Waals surface area contributed by atoms with Crippen LogP contribution in [-0.4, -0.2) is 16.4 Å². The van der Waals surface area contributed by atoms with Gasteiger partial charge in [-0.2, -0.15) is 5.26 Å². The van der Waals surface area contributed by atoms with Gasteiger partial charge in [-0.15, -0.1) is 11.6 Å². The summed E-state index contributed by atoms with van der Waals surface area (Å²) in [7, 11) is 0. The van der Waals surface area contributed by atoms with Crippen molar-refractivity contribution in [3.8, 4) is 6.07 Å². The second kappa shape index (κ2) is 7.46. The maximum Gasteiger partial charge on any atom is 0.133 e. The summed E-state index contributed by atoms with van der Waals surface area (Å²) in [6, 6.07) is 4.09. The van der Waals surface area contributed by atoms with Crippen molar-refractivity contribution >= 4 is 17.4 Å². The van der Waals surface area contributed by atoms with E-state index in [-0.39, 0.29) is 5.92 Å². The maximum atomic E-state index is 8.73. The Morgan fingerprint density at radius 3 is 2.78 bits per heavy atom. The molecule has 0 saturated heterocycles. The van der Waals surface area contributed by atoms with Crippen LogP contribution in [0.2, 0.25) is 0 Å². The predicted octanol–water partition coefficient (Wildman–Crippen LogP) is 3.04. The molecule has 18 heavy (non-hydrogen) atoms. The first-order valence-corrected chi connectivity index (χ1v) is 6.25. The molecule has 1 atom stereocenters. The number of nitriles is 1. The normalized spacial score (nSPS) is 17.0. The van der Waals surface area contributed by atoms with Gasteiger partial charge in [0.2, 0.25) is 0 Å². The van der Waals surface area contributed by atoms with Gasteiger partial charge < -0.3 is 5.32 Å². The lowest BCUT2D eigenvalue weighted by atomic mass is 10.0. The van der Waals surface area contributed by atoms with E-state index >= 15 is 0 Å². The number of nitrogens with zero attached hydrogens (tertiary/aromatic N) is 3. The molecule has 4 nitrogen and oxygen atoms in total. The van der Waals surface area contributed by atoms with Crippen LogP contribution in [0.3, 0.4) is 0 Å². The first-order valence-electron chi connectivity index (χ1n) is 5.49. The van der Waals surface area contributed by atoms with Gasteiger partial charge in [0.1, 0.15) is 12.1 Å². The summed E-state index contributed by atoms with van der Waals surface area (Å²) in [5.41, 5.74) is 1.90. The third-order valence-corrected chi connectivity index (χ3v) is 2.34. The fraction of sp³-hybridized carbons (Fsp3) is 0.308. The molecule has 0 fully saturated rings. The van der Waals surface area contributed by atoms with Crippen molar-refractivity contribution in [1.29, 1.82) is 5.26 Å². The third-order valence-electron chi connectivity index (χ3n) is 2.34. The summed E-state index contributed by atoms with van der Waals surface area (Å²) in [5, 5.41) is 11.9. The molecule has 5 heteroatoms. The van der Waals surface area contributed by atoms with Gasteiger partial charge in [-0.05, 0) is 19.4 Å². The van der Waals surface area contributed by atoms with Crippen LogP contribution in [0.4, 0.5) is 5.82 Å². The smallest absolute Gasteiger partial charge is 0.133 e. The van der Waals surface area contributed by atoms with Crippen LogP contribution in [0.25, 0.3) is 0 Å². The molecule has 1 aromatic heterocycles. The van der Waals surface area contributed by atoms with Crippen LogP contribution in [-0.2, 0) is 0 Å². The van der Waals surface area contributed by atoms with Crippen molar-refractivity contribution in [1.82, 2.24) is 9.97 Å². The van der Waals surface area contributed by atoms with Crippen LogP contribution in [0.15, 0.2) is 36.3 Å². The van der Waals surface area contributed by atoms with Gasteiger partial charge in [0.25, 0.3) is 0 Å². The minimum Gasteiger partial charge on any atom is -0.340 e. The largest absolute Gasteiger partial charge is 0.340 e. The molecule has 0 aromatic carbocycles. The molecule has 1 aromatic rings. The molecule has 1 N–H and O–H groups in total. The molecule has 1 unspecified atom stereocenters. The Labute approximate surface area is 112 Å². The Hall–Kier alpha value is -1.86. The van der Waals surface area contributed by atoms with Gasteiger partial charge in [0, 0.05) is 23.8 Å². The van der Waals surface area contributed by atoms with Gasteiger partial charge in [-0.3, -0.25) is 0 Å². The monoisotopic (exact) mass is 262 g/mol. The maximum absolute atomic E-state index is 8.73. The molecule has 1 aliphatic rings. The SMILES string of the molecule is CCl.Cc1cc(NC2=CCC(C#N)C=C2)ncn1. The summed E-state index contributed by atoms with van der Waals surface area (Å²) in [5.74, 6) is 0.775. The van der Waals surface area contributed by atoms with Crippen molar-refractivity contribution in [2.45, 2.75) is 13.3 Å². The topological polar surface area (TPSA) is 61.6 Å². The molecule has 0 amide bonds. The van der Waals surface area contributed by atoms with Gasteiger partial charge >= 0.3 is 0 Å². The average molecular weight is 263 g/mol. The van der Waals surface area contributed by atoms with E-state index < -0.39 is 0 Å². The molecular formula is C13H15ClN4. The average Bonchev–Trinajstić information content (AvgIpc) is 2.42. The minimum absolute atomic E-state index is 0.00214. The lowest BCUT2D eigenvalue weighted by Crippen LogP contribution is -2.05. The van der Waals surface area contributed by atoms with Crippen LogP contribution >= 0.6 is 11.6 Å². The quantitative estimate of drug-likeness (QED) is 0.832. The summed E-state index contributed by atoms with van der Waals surface area (Å²) >= 11 is 4.64. The Morgan fingerprint density at radius 2 is 2.22 bits per heavy atom. The Kier molecular flexibility index (Phi) is 5.89. The van der Waals surface area contributed by atoms with Crippen molar-refractivity contribution < 1.29 is 0 Å². The highest BCUT2D eigenvalue weighted by Gasteiger charge is 2.07. The zero-order valence-corrected chi connectivity index (χ0v) is 11.1. The van der Waals surface area contributed by atoms with Crippen molar-refractivity contribution in [3.05, 3.63) is 42.0 Å². The number of hydrogen-bond donors (Lipinski definition) is 1. The van der Waals surface area contributed by atoms with E-state index in [4.69, 9.17) is 5.26 Å². The lowest BCUT2D eigenvalue weighted by Gasteiger charge is -2.11. The van der Waals surface area contributed by atoms with E-state index in [1.165, 1.54) is 12.7 Å². The first-order chi connectivity index (χ1) is 8.78. The van der Waals surface area contributed by atoms with Crippen LogP contribution < -0.4 is 5.32 Å². The standard InChI is InChI=1S/C12H12N4.CH3Cl/c1-9-6-12(15-8-14-9)16-11-4-2-10(7-13)3-5-11;1-2/h2,4-6,8,10H,3H2,1H3,(H,14,15,16);1H3. The van der Waals surface area contributed by atoms with E-state index in [2.05, 4.69) is 33.0 Å². The highest BCUT2D eigenvalue weighted by Crippen LogP contribution is 2.17. The number of halogens is 1. The van der Waals surface area contributed by atoms with Crippen molar-refractivity contribution in [2.24, 2.45) is 5.92 Å². The summed E-state index contributed by atoms with van der Waals surface area (Å²) in [6.45, 7) is 1.92. The highest BCUT2D eigenvalue weighted by molar-refractivity contribution is 6.15. The molecule has 1 heterocycles. The molecule has 0 spiro atoms. The second-order valence-electron chi connectivity index (χ2n) is 3.66. The van der Waals surface area contributed by atoms with Gasteiger partial charge in [-0.25, -0.2) is 9.97 Å². The van der Waals surface area contributed by atoms with E-state index in [0.717, 1.165) is 23.6 Å². The molecule has 0 radical (unpaired) electrons. The number of nitrogens with one attached hydrogen (secondary N) is 1. The fourth-order valence-electron chi connectivity index (χ4n) is 1.48. The first kappa shape index (κ1) is 14.2. The third kappa shape index (κ3) is 4.19. The zero-order chi connectivity index (χ0) is 13.4. The minimum atomic E-state index is -0.00214. The van der Waals surface area contributed by atoms with E-state index in [9.17, 15) is 0 Å². The Balaban J connectivity index is 0.000000771. The molecule has 1 aliphatic carbocycles. The van der Waals surface area contributed by atoms with Crippen molar-refractivity contribution in [3.63, 3.8) is 0 Å². The number of aryl methyl sites for hydroxylation is 1. The molecular weight excluding hydrogens is 248 g/mol. The number of rotatable bonds is 2. The van der Waals surface area contributed by atoms with Gasteiger partial charge in [0.15, 0.2) is 0 Å². The van der Waals surface area contributed by atoms with Crippen LogP contribution in [0.1, 0.15) is 12.1 Å². The van der Waals surface area contributed by atoms with Gasteiger partial charge in [-0.1, -0.05) is 12.2 Å². The van der Waals surface area contributed by atoms with Crippen molar-refractivity contribution in [2.75, 3.05) is 11.7 Å². The number of hydrogen-bond acceptors (Lipinski definition) is 4. The molecule has 94 valence electrons. The lowest BCUT2D eigenvalue weighted by molar-refractivity contribution is 0.829. The van der Waals surface area contributed by atoms with E-state index in [1.54, 1.807) is 0 Å². The number of anilines is 1. The Bertz CT molecular complexity index is 488. The van der Waals surface area contributed by atoms with E-state index in [0.29, 0.717) is 0 Å². The van der Waals surface area contributed by atoms with Gasteiger partial charge in [0.05, 0.1) is 12.0 Å². The number of aromatic nitrogens is 2. The zero-order valence-electron chi connectivity index (χ0n) is 10.4. The molecule has 0 bridgehead atoms. The predicted molar refractivity (Wildman–Crippen MR) is 73.1 cm³/mol. The second-order valence-corrected chi connectivity index (χ2v) is 3.66. The summed E-state index contributed by atoms with van der Waals surface area (Å²) in [6.07, 6.45) is 9.57. The molecule has 0 saturated carbocycles. The molecule has 0 aliphatic heterocycles. The van der Waals surface area contributed by atoms with Crippen LogP contribution in [0, 0.1) is 24.2 Å². The number of allylic oxidation sites excluding steroid dienone is 3. The summed E-state index contributed by atoms with van der Waals surface area (Å²) in [4.78, 5) is 8.14. The summed E-state index contributed by atoms with van der Waals surface area (Å²) < 4.78 is 0. The highest BCUT2D eigenvalue weighted by atomic mass is 35.5.